The summed E-state index contributed by atoms with van der Waals surface area (Å²) in [6.45, 7) is 0. The second-order valence-electron chi connectivity index (χ2n) is 4.20. The summed E-state index contributed by atoms with van der Waals surface area (Å²) < 4.78 is 38.3. The number of halogens is 4. The summed E-state index contributed by atoms with van der Waals surface area (Å²) in [7, 11) is 0. The number of nitrogens with two attached hydrogens (primary N) is 1. The summed E-state index contributed by atoms with van der Waals surface area (Å²) >= 11 is 3.05. The molecular formula is C11H12BrF3N4. The van der Waals surface area contributed by atoms with Crippen molar-refractivity contribution >= 4 is 27.6 Å². The van der Waals surface area contributed by atoms with Gasteiger partial charge in [-0.15, -0.1) is 0 Å². The first kappa shape index (κ1) is 14.1. The standard InChI is InChI=1S/C11H12BrF3N4/c12-7-3-6(11(13,14)15)4-9(5-7)18-10(19-16)17-8-1-2-8/h3-5,8H,1-2,16H2,(H2,17,18,19). The molecule has 0 aromatic heterocycles. The van der Waals surface area contributed by atoms with Gasteiger partial charge in [0.1, 0.15) is 0 Å². The summed E-state index contributed by atoms with van der Waals surface area (Å²) in [6.07, 6.45) is -2.46. The number of nitrogens with zero attached hydrogens (tertiary/aromatic N) is 1. The first-order valence-electron chi connectivity index (χ1n) is 5.57. The van der Waals surface area contributed by atoms with Crippen molar-refractivity contribution in [1.29, 1.82) is 0 Å². The summed E-state index contributed by atoms with van der Waals surface area (Å²) in [5.41, 5.74) is 1.86. The predicted molar refractivity (Wildman–Crippen MR) is 70.5 cm³/mol. The number of alkyl halides is 3. The van der Waals surface area contributed by atoms with Gasteiger partial charge in [-0.3, -0.25) is 5.43 Å². The second-order valence-corrected chi connectivity index (χ2v) is 5.12. The van der Waals surface area contributed by atoms with E-state index in [4.69, 9.17) is 5.84 Å². The molecule has 0 radical (unpaired) electrons. The van der Waals surface area contributed by atoms with Gasteiger partial charge in [-0.2, -0.15) is 13.2 Å². The lowest BCUT2D eigenvalue weighted by molar-refractivity contribution is -0.137. The minimum absolute atomic E-state index is 0.202. The van der Waals surface area contributed by atoms with E-state index in [0.29, 0.717) is 4.47 Å². The van der Waals surface area contributed by atoms with Crippen LogP contribution in [0.1, 0.15) is 18.4 Å². The Labute approximate surface area is 116 Å². The molecule has 4 N–H and O–H groups in total. The van der Waals surface area contributed by atoms with E-state index >= 15 is 0 Å². The lowest BCUT2D eigenvalue weighted by atomic mass is 10.2. The molecule has 0 atom stereocenters. The Morgan fingerprint density at radius 3 is 2.53 bits per heavy atom. The molecule has 1 aliphatic rings. The van der Waals surface area contributed by atoms with Gasteiger partial charge in [0, 0.05) is 10.2 Å². The van der Waals surface area contributed by atoms with E-state index in [1.807, 2.05) is 0 Å². The maximum atomic E-state index is 12.7. The van der Waals surface area contributed by atoms with Crippen molar-refractivity contribution < 1.29 is 13.2 Å². The minimum Gasteiger partial charge on any atom is -0.325 e. The highest BCUT2D eigenvalue weighted by atomic mass is 79.9. The van der Waals surface area contributed by atoms with E-state index in [0.717, 1.165) is 25.0 Å². The van der Waals surface area contributed by atoms with Crippen LogP contribution in [0.4, 0.5) is 18.9 Å². The number of nitrogens with one attached hydrogen (secondary N) is 2. The molecule has 2 rings (SSSR count). The summed E-state index contributed by atoms with van der Waals surface area (Å²) in [5.74, 6) is 5.54. The Morgan fingerprint density at radius 1 is 1.32 bits per heavy atom. The molecule has 0 heterocycles. The lowest BCUT2D eigenvalue weighted by Crippen LogP contribution is -2.36. The number of guanidine groups is 1. The van der Waals surface area contributed by atoms with Crippen molar-refractivity contribution in [2.75, 3.05) is 5.32 Å². The molecule has 0 aliphatic heterocycles. The van der Waals surface area contributed by atoms with E-state index in [-0.39, 0.29) is 17.7 Å². The van der Waals surface area contributed by atoms with E-state index < -0.39 is 11.7 Å². The molecule has 0 amide bonds. The molecule has 0 spiro atoms. The molecule has 0 unspecified atom stereocenters. The van der Waals surface area contributed by atoms with Gasteiger partial charge in [-0.1, -0.05) is 15.9 Å². The fourth-order valence-electron chi connectivity index (χ4n) is 1.45. The number of rotatable bonds is 2. The van der Waals surface area contributed by atoms with Crippen LogP contribution in [0.5, 0.6) is 0 Å². The summed E-state index contributed by atoms with van der Waals surface area (Å²) in [5, 5.41) is 2.74. The molecule has 8 heteroatoms. The van der Waals surface area contributed by atoms with Crippen molar-refractivity contribution in [3.05, 3.63) is 28.2 Å². The number of hydrogen-bond acceptors (Lipinski definition) is 2. The van der Waals surface area contributed by atoms with Crippen LogP contribution in [-0.4, -0.2) is 12.0 Å². The SMILES string of the molecule is NNC(=NC1CC1)Nc1cc(Br)cc(C(F)(F)F)c1. The molecule has 104 valence electrons. The molecule has 1 fully saturated rings. The van der Waals surface area contributed by atoms with E-state index in [9.17, 15) is 13.2 Å². The van der Waals surface area contributed by atoms with Gasteiger partial charge in [-0.25, -0.2) is 10.8 Å². The molecular weight excluding hydrogens is 325 g/mol. The third-order valence-electron chi connectivity index (χ3n) is 2.48. The average Bonchev–Trinajstić information content (AvgIpc) is 3.10. The second kappa shape index (κ2) is 5.38. The summed E-state index contributed by atoms with van der Waals surface area (Å²) in [4.78, 5) is 4.20. The van der Waals surface area contributed by atoms with Gasteiger partial charge in [0.2, 0.25) is 5.96 Å². The quantitative estimate of drug-likeness (QED) is 0.337. The van der Waals surface area contributed by atoms with E-state index in [1.165, 1.54) is 6.07 Å². The first-order chi connectivity index (χ1) is 8.88. The van der Waals surface area contributed by atoms with Crippen molar-refractivity contribution in [2.24, 2.45) is 10.8 Å². The molecule has 0 bridgehead atoms. The largest absolute Gasteiger partial charge is 0.416 e. The normalized spacial score (nSPS) is 16.4. The highest BCUT2D eigenvalue weighted by Crippen LogP contribution is 2.33. The predicted octanol–water partition coefficient (Wildman–Crippen LogP) is 2.86. The van der Waals surface area contributed by atoms with Gasteiger partial charge in [0.05, 0.1) is 11.6 Å². The van der Waals surface area contributed by atoms with E-state index in [1.54, 1.807) is 0 Å². The topological polar surface area (TPSA) is 62.4 Å². The van der Waals surface area contributed by atoms with Crippen LogP contribution in [0.2, 0.25) is 0 Å². The van der Waals surface area contributed by atoms with Gasteiger partial charge in [0.15, 0.2) is 0 Å². The number of anilines is 1. The smallest absolute Gasteiger partial charge is 0.325 e. The zero-order chi connectivity index (χ0) is 14.0. The number of hydrazine groups is 1. The van der Waals surface area contributed by atoms with E-state index in [2.05, 4.69) is 31.7 Å². The number of benzene rings is 1. The van der Waals surface area contributed by atoms with Crippen LogP contribution in [0.25, 0.3) is 0 Å². The highest BCUT2D eigenvalue weighted by Gasteiger charge is 2.31. The minimum atomic E-state index is -4.40. The Morgan fingerprint density at radius 2 is 2.00 bits per heavy atom. The van der Waals surface area contributed by atoms with Crippen LogP contribution in [0.15, 0.2) is 27.7 Å². The third kappa shape index (κ3) is 4.10. The van der Waals surface area contributed by atoms with Crippen LogP contribution >= 0.6 is 15.9 Å². The average molecular weight is 337 g/mol. The fraction of sp³-hybridized carbons (Fsp3) is 0.364. The van der Waals surface area contributed by atoms with Gasteiger partial charge in [-0.05, 0) is 31.0 Å². The number of aliphatic imine (C=N–C) groups is 1. The zero-order valence-electron chi connectivity index (χ0n) is 9.76. The van der Waals surface area contributed by atoms with Crippen LogP contribution in [0, 0.1) is 0 Å². The van der Waals surface area contributed by atoms with Crippen molar-refractivity contribution in [1.82, 2.24) is 5.43 Å². The van der Waals surface area contributed by atoms with Gasteiger partial charge >= 0.3 is 6.18 Å². The van der Waals surface area contributed by atoms with Crippen molar-refractivity contribution in [3.63, 3.8) is 0 Å². The maximum Gasteiger partial charge on any atom is 0.416 e. The van der Waals surface area contributed by atoms with Gasteiger partial charge < -0.3 is 5.32 Å². The molecule has 0 saturated heterocycles. The highest BCUT2D eigenvalue weighted by molar-refractivity contribution is 9.10. The van der Waals surface area contributed by atoms with Crippen LogP contribution in [-0.2, 0) is 6.18 Å². The molecule has 19 heavy (non-hydrogen) atoms. The van der Waals surface area contributed by atoms with Crippen molar-refractivity contribution in [2.45, 2.75) is 25.1 Å². The number of hydrogen-bond donors (Lipinski definition) is 3. The van der Waals surface area contributed by atoms with Crippen LogP contribution < -0.4 is 16.6 Å². The monoisotopic (exact) mass is 336 g/mol. The molecule has 1 saturated carbocycles. The Kier molecular flexibility index (Phi) is 4.00. The zero-order valence-corrected chi connectivity index (χ0v) is 11.3. The maximum absolute atomic E-state index is 12.7. The third-order valence-corrected chi connectivity index (χ3v) is 2.94. The molecule has 1 aliphatic carbocycles. The van der Waals surface area contributed by atoms with Crippen molar-refractivity contribution in [3.8, 4) is 0 Å². The summed E-state index contributed by atoms with van der Waals surface area (Å²) in [6, 6.07) is 3.74. The molecule has 1 aromatic rings. The molecule has 4 nitrogen and oxygen atoms in total. The lowest BCUT2D eigenvalue weighted by Gasteiger charge is -2.13. The first-order valence-corrected chi connectivity index (χ1v) is 6.37. The van der Waals surface area contributed by atoms with Crippen LogP contribution in [0.3, 0.4) is 0 Å². The Bertz CT molecular complexity index is 497. The van der Waals surface area contributed by atoms with Gasteiger partial charge in [0.25, 0.3) is 0 Å². The Balaban J connectivity index is 2.22. The molecule has 1 aromatic carbocycles. The fourth-order valence-corrected chi connectivity index (χ4v) is 1.95. The Hall–Kier alpha value is -1.28.